The van der Waals surface area contributed by atoms with Crippen LogP contribution < -0.4 is 5.32 Å². The molecule has 1 amide bonds. The lowest BCUT2D eigenvalue weighted by Crippen LogP contribution is -2.40. The van der Waals surface area contributed by atoms with Crippen LogP contribution in [0.2, 0.25) is 0 Å². The highest BCUT2D eigenvalue weighted by molar-refractivity contribution is 5.85. The quantitative estimate of drug-likeness (QED) is 0.895. The highest BCUT2D eigenvalue weighted by Crippen LogP contribution is 2.31. The first kappa shape index (κ1) is 15.5. The number of amides is 1. The monoisotopic (exact) mass is 289 g/mol. The van der Waals surface area contributed by atoms with Crippen LogP contribution in [0.3, 0.4) is 0 Å². The number of carboxylic acids is 1. The Morgan fingerprint density at radius 2 is 1.90 bits per heavy atom. The second-order valence-corrected chi connectivity index (χ2v) is 5.98. The summed E-state index contributed by atoms with van der Waals surface area (Å²) in [6.45, 7) is 3.95. The van der Waals surface area contributed by atoms with E-state index < -0.39 is 17.8 Å². The molecule has 1 aromatic carbocycles. The van der Waals surface area contributed by atoms with E-state index in [1.807, 2.05) is 38.1 Å². The Kier molecular flexibility index (Phi) is 4.99. The molecule has 1 saturated carbocycles. The van der Waals surface area contributed by atoms with Crippen molar-refractivity contribution in [3.05, 3.63) is 35.4 Å². The maximum Gasteiger partial charge on any atom is 0.307 e. The van der Waals surface area contributed by atoms with Crippen LogP contribution in [0, 0.1) is 18.8 Å². The van der Waals surface area contributed by atoms with Crippen molar-refractivity contribution in [3.8, 4) is 0 Å². The molecule has 0 radical (unpaired) electrons. The Bertz CT molecular complexity index is 527. The van der Waals surface area contributed by atoms with Crippen LogP contribution in [-0.2, 0) is 9.59 Å². The van der Waals surface area contributed by atoms with Crippen LogP contribution in [0.15, 0.2) is 24.3 Å². The molecule has 0 aromatic heterocycles. The van der Waals surface area contributed by atoms with Gasteiger partial charge in [0.05, 0.1) is 17.9 Å². The van der Waals surface area contributed by atoms with Gasteiger partial charge in [-0.25, -0.2) is 0 Å². The SMILES string of the molecule is Cc1cccc([C@@H](C)NC(=O)C2CCCCC2C(=O)O)c1. The molecule has 1 fully saturated rings. The maximum absolute atomic E-state index is 12.4. The molecule has 1 aliphatic carbocycles. The zero-order valence-electron chi connectivity index (χ0n) is 12.6. The second kappa shape index (κ2) is 6.74. The Hall–Kier alpha value is -1.84. The number of carbonyl (C=O) groups is 2. The lowest BCUT2D eigenvalue weighted by atomic mass is 9.78. The fourth-order valence-electron chi connectivity index (χ4n) is 3.08. The summed E-state index contributed by atoms with van der Waals surface area (Å²) in [7, 11) is 0. The molecule has 2 N–H and O–H groups in total. The third-order valence-electron chi connectivity index (χ3n) is 4.32. The lowest BCUT2D eigenvalue weighted by molar-refractivity contribution is -0.149. The molecule has 114 valence electrons. The minimum absolute atomic E-state index is 0.103. The minimum atomic E-state index is -0.849. The first-order chi connectivity index (χ1) is 9.99. The Balaban J connectivity index is 2.04. The number of hydrogen-bond acceptors (Lipinski definition) is 2. The number of benzene rings is 1. The molecule has 0 spiro atoms. The summed E-state index contributed by atoms with van der Waals surface area (Å²) < 4.78 is 0. The van der Waals surface area contributed by atoms with Crippen molar-refractivity contribution in [2.45, 2.75) is 45.6 Å². The van der Waals surface area contributed by atoms with Gasteiger partial charge in [0.15, 0.2) is 0 Å². The van der Waals surface area contributed by atoms with E-state index in [1.165, 1.54) is 0 Å². The van der Waals surface area contributed by atoms with Crippen molar-refractivity contribution in [2.24, 2.45) is 11.8 Å². The lowest BCUT2D eigenvalue weighted by Gasteiger charge is -2.28. The molecule has 1 aromatic rings. The Morgan fingerprint density at radius 3 is 2.52 bits per heavy atom. The van der Waals surface area contributed by atoms with Crippen molar-refractivity contribution in [2.75, 3.05) is 0 Å². The van der Waals surface area contributed by atoms with Gasteiger partial charge in [-0.3, -0.25) is 9.59 Å². The van der Waals surface area contributed by atoms with Crippen molar-refractivity contribution in [1.82, 2.24) is 5.32 Å². The van der Waals surface area contributed by atoms with Gasteiger partial charge < -0.3 is 10.4 Å². The van der Waals surface area contributed by atoms with E-state index in [0.29, 0.717) is 12.8 Å². The second-order valence-electron chi connectivity index (χ2n) is 5.98. The first-order valence-corrected chi connectivity index (χ1v) is 7.59. The highest BCUT2D eigenvalue weighted by Gasteiger charge is 2.36. The van der Waals surface area contributed by atoms with Gasteiger partial charge in [-0.05, 0) is 32.3 Å². The van der Waals surface area contributed by atoms with Crippen molar-refractivity contribution in [3.63, 3.8) is 0 Å². The van der Waals surface area contributed by atoms with Crippen molar-refractivity contribution in [1.29, 1.82) is 0 Å². The van der Waals surface area contributed by atoms with Crippen LogP contribution in [0.1, 0.15) is 49.8 Å². The molecule has 0 saturated heterocycles. The van der Waals surface area contributed by atoms with Crippen LogP contribution in [0.4, 0.5) is 0 Å². The third-order valence-corrected chi connectivity index (χ3v) is 4.32. The molecule has 0 aliphatic heterocycles. The highest BCUT2D eigenvalue weighted by atomic mass is 16.4. The van der Waals surface area contributed by atoms with Gasteiger partial charge >= 0.3 is 5.97 Å². The molecule has 3 atom stereocenters. The summed E-state index contributed by atoms with van der Waals surface area (Å²) in [5.74, 6) is -1.92. The predicted octanol–water partition coefficient (Wildman–Crippen LogP) is 3.06. The van der Waals surface area contributed by atoms with Gasteiger partial charge in [0.1, 0.15) is 0 Å². The van der Waals surface area contributed by atoms with Gasteiger partial charge in [-0.1, -0.05) is 42.7 Å². The smallest absolute Gasteiger partial charge is 0.307 e. The molecule has 2 rings (SSSR count). The van der Waals surface area contributed by atoms with E-state index in [4.69, 9.17) is 0 Å². The summed E-state index contributed by atoms with van der Waals surface area (Å²) in [6.07, 6.45) is 3.10. The van der Waals surface area contributed by atoms with E-state index in [-0.39, 0.29) is 11.9 Å². The molecular formula is C17H23NO3. The molecule has 0 bridgehead atoms. The first-order valence-electron chi connectivity index (χ1n) is 7.59. The maximum atomic E-state index is 12.4. The predicted molar refractivity (Wildman–Crippen MR) is 80.8 cm³/mol. The number of carboxylic acid groups (broad SMARTS) is 1. The van der Waals surface area contributed by atoms with Crippen LogP contribution in [-0.4, -0.2) is 17.0 Å². The Labute approximate surface area is 125 Å². The standard InChI is InChI=1S/C17H23NO3/c1-11-6-5-7-13(10-11)12(2)18-16(19)14-8-3-4-9-15(14)17(20)21/h5-7,10,12,14-15H,3-4,8-9H2,1-2H3,(H,18,19)(H,20,21)/t12-,14?,15?/m1/s1. The van der Waals surface area contributed by atoms with E-state index >= 15 is 0 Å². The van der Waals surface area contributed by atoms with Crippen molar-refractivity contribution >= 4 is 11.9 Å². The average molecular weight is 289 g/mol. The fourth-order valence-corrected chi connectivity index (χ4v) is 3.08. The normalized spacial score (nSPS) is 23.3. The number of aryl methyl sites for hydroxylation is 1. The molecule has 4 nitrogen and oxygen atoms in total. The zero-order valence-corrected chi connectivity index (χ0v) is 12.6. The number of rotatable bonds is 4. The number of carbonyl (C=O) groups excluding carboxylic acids is 1. The van der Waals surface area contributed by atoms with Crippen LogP contribution >= 0.6 is 0 Å². The van der Waals surface area contributed by atoms with E-state index in [2.05, 4.69) is 5.32 Å². The van der Waals surface area contributed by atoms with Gasteiger partial charge in [0, 0.05) is 0 Å². The van der Waals surface area contributed by atoms with Gasteiger partial charge in [0.2, 0.25) is 5.91 Å². The molecule has 2 unspecified atom stereocenters. The zero-order chi connectivity index (χ0) is 15.4. The van der Waals surface area contributed by atoms with E-state index in [1.54, 1.807) is 0 Å². The van der Waals surface area contributed by atoms with Crippen molar-refractivity contribution < 1.29 is 14.7 Å². The van der Waals surface area contributed by atoms with Crippen LogP contribution in [0.5, 0.6) is 0 Å². The molecule has 21 heavy (non-hydrogen) atoms. The Morgan fingerprint density at radius 1 is 1.24 bits per heavy atom. The molecule has 0 heterocycles. The largest absolute Gasteiger partial charge is 0.481 e. The minimum Gasteiger partial charge on any atom is -0.481 e. The summed E-state index contributed by atoms with van der Waals surface area (Å²) >= 11 is 0. The summed E-state index contributed by atoms with van der Waals surface area (Å²) in [6, 6.07) is 7.90. The number of nitrogens with one attached hydrogen (secondary N) is 1. The van der Waals surface area contributed by atoms with Gasteiger partial charge in [0.25, 0.3) is 0 Å². The number of hydrogen-bond donors (Lipinski definition) is 2. The summed E-state index contributed by atoms with van der Waals surface area (Å²) in [4.78, 5) is 23.7. The fraction of sp³-hybridized carbons (Fsp3) is 0.529. The molecule has 4 heteroatoms. The number of aliphatic carboxylic acids is 1. The average Bonchev–Trinajstić information content (AvgIpc) is 2.47. The summed E-state index contributed by atoms with van der Waals surface area (Å²) in [5.41, 5.74) is 2.20. The van der Waals surface area contributed by atoms with Crippen LogP contribution in [0.25, 0.3) is 0 Å². The topological polar surface area (TPSA) is 66.4 Å². The van der Waals surface area contributed by atoms with Gasteiger partial charge in [-0.15, -0.1) is 0 Å². The summed E-state index contributed by atoms with van der Waals surface area (Å²) in [5, 5.41) is 12.2. The third kappa shape index (κ3) is 3.84. The molecule has 1 aliphatic rings. The van der Waals surface area contributed by atoms with E-state index in [0.717, 1.165) is 24.0 Å². The van der Waals surface area contributed by atoms with Gasteiger partial charge in [-0.2, -0.15) is 0 Å². The molecular weight excluding hydrogens is 266 g/mol. The van der Waals surface area contributed by atoms with E-state index in [9.17, 15) is 14.7 Å².